The number of anilines is 1. The van der Waals surface area contributed by atoms with Crippen LogP contribution in [0.25, 0.3) is 0 Å². The molecule has 0 bridgehead atoms. The number of thiocarbonyl (C=S) groups is 1. The Hall–Kier alpha value is -1.55. The van der Waals surface area contributed by atoms with E-state index in [0.717, 1.165) is 32.3 Å². The summed E-state index contributed by atoms with van der Waals surface area (Å²) in [5.74, 6) is -1.70. The lowest BCUT2D eigenvalue weighted by Crippen LogP contribution is -3.11. The average Bonchev–Trinajstić information content (AvgIpc) is 3.15. The summed E-state index contributed by atoms with van der Waals surface area (Å²) >= 11 is 7.70. The Morgan fingerprint density at radius 3 is 2.25 bits per heavy atom. The molecule has 0 unspecified atom stereocenters. The minimum Gasteiger partial charge on any atom is -0.548 e. The minimum atomic E-state index is -1.33. The molecule has 1 saturated heterocycles. The van der Waals surface area contributed by atoms with Crippen LogP contribution >= 0.6 is 35.7 Å². The van der Waals surface area contributed by atoms with Gasteiger partial charge in [-0.3, -0.25) is 9.69 Å². The topological polar surface area (TPSA) is 68.1 Å². The highest BCUT2D eigenvalue weighted by Crippen LogP contribution is 2.49. The molecule has 0 atom stereocenters. The number of benzene rings is 1. The first-order valence-electron chi connectivity index (χ1n) is 9.15. The molecule has 0 radical (unpaired) electrons. The second kappa shape index (κ2) is 10.3. The highest BCUT2D eigenvalue weighted by atomic mass is 32.2. The summed E-state index contributed by atoms with van der Waals surface area (Å²) in [6.45, 7) is 9.97. The van der Waals surface area contributed by atoms with Gasteiger partial charge < -0.3 is 19.7 Å². The fraction of sp³-hybridized carbons (Fsp3) is 0.421. The van der Waals surface area contributed by atoms with Gasteiger partial charge >= 0.3 is 0 Å². The molecule has 0 aliphatic carbocycles. The molecule has 9 heteroatoms. The summed E-state index contributed by atoms with van der Waals surface area (Å²) in [4.78, 5) is 29.3. The van der Waals surface area contributed by atoms with Crippen LogP contribution in [0, 0.1) is 0 Å². The predicted octanol–water partition coefficient (Wildman–Crippen LogP) is 0.939. The maximum atomic E-state index is 12.4. The van der Waals surface area contributed by atoms with Crippen molar-refractivity contribution < 1.29 is 19.6 Å². The number of amides is 1. The standard InChI is InChI=1S/C13H10N2O3S3.C6H15N/c1-14-7-4-2-3-5-8(7)20-12(14)10-11(18)15(6-9(16)17)13(19)21-10;1-4-7(5-2)6-3/h2-5H,6H2,1H3,(H,16,17);4-6H2,1-3H3/b12-10+;. The van der Waals surface area contributed by atoms with E-state index in [-0.39, 0.29) is 10.2 Å². The van der Waals surface area contributed by atoms with Crippen molar-refractivity contribution in [3.63, 3.8) is 0 Å². The maximum absolute atomic E-state index is 12.4. The first-order valence-corrected chi connectivity index (χ1v) is 11.2. The molecule has 0 aromatic heterocycles. The first kappa shape index (κ1) is 22.7. The van der Waals surface area contributed by atoms with Crippen molar-refractivity contribution in [3.8, 4) is 0 Å². The molecule has 28 heavy (non-hydrogen) atoms. The van der Waals surface area contributed by atoms with E-state index in [1.54, 1.807) is 4.90 Å². The first-order chi connectivity index (χ1) is 13.3. The zero-order chi connectivity index (χ0) is 20.8. The number of carbonyl (C=O) groups is 2. The number of para-hydroxylation sites is 1. The molecule has 152 valence electrons. The summed E-state index contributed by atoms with van der Waals surface area (Å²) < 4.78 is 0.247. The number of carboxylic acid groups (broad SMARTS) is 1. The van der Waals surface area contributed by atoms with E-state index in [9.17, 15) is 14.7 Å². The number of hydrogen-bond acceptors (Lipinski definition) is 7. The SMILES string of the molecule is CC[NH+](CC)CC.CN1/C(=C2\SC(=S)N(CC(=O)[O-])C2=O)Sc2ccccc21. The number of carboxylic acids is 1. The van der Waals surface area contributed by atoms with Gasteiger partial charge in [0.1, 0.15) is 9.23 Å². The van der Waals surface area contributed by atoms with Gasteiger partial charge in [0.15, 0.2) is 0 Å². The van der Waals surface area contributed by atoms with Crippen molar-refractivity contribution in [2.75, 3.05) is 38.1 Å². The van der Waals surface area contributed by atoms with Crippen molar-refractivity contribution in [1.82, 2.24) is 4.90 Å². The molecule has 2 heterocycles. The molecule has 3 rings (SSSR count). The minimum absolute atomic E-state index is 0.247. The number of nitrogens with one attached hydrogen (secondary N) is 1. The zero-order valence-electron chi connectivity index (χ0n) is 16.5. The quantitative estimate of drug-likeness (QED) is 0.541. The summed E-state index contributed by atoms with van der Waals surface area (Å²) in [6.07, 6.45) is 0. The van der Waals surface area contributed by atoms with Crippen LogP contribution in [-0.4, -0.2) is 54.3 Å². The second-order valence-corrected chi connectivity index (χ2v) is 8.88. The molecule has 1 N–H and O–H groups in total. The molecule has 1 aromatic rings. The molecule has 1 amide bonds. The van der Waals surface area contributed by atoms with Gasteiger partial charge in [-0.25, -0.2) is 0 Å². The summed E-state index contributed by atoms with van der Waals surface area (Å²) in [7, 11) is 1.87. The van der Waals surface area contributed by atoms with E-state index in [1.807, 2.05) is 36.2 Å². The van der Waals surface area contributed by atoms with E-state index in [4.69, 9.17) is 12.2 Å². The van der Waals surface area contributed by atoms with Gasteiger partial charge in [0.2, 0.25) is 0 Å². The monoisotopic (exact) mass is 439 g/mol. The molecule has 1 fully saturated rings. The molecule has 2 aliphatic rings. The van der Waals surface area contributed by atoms with Gasteiger partial charge in [-0.2, -0.15) is 0 Å². The zero-order valence-corrected chi connectivity index (χ0v) is 18.9. The average molecular weight is 440 g/mol. The third kappa shape index (κ3) is 5.08. The van der Waals surface area contributed by atoms with Gasteiger partial charge in [-0.05, 0) is 32.9 Å². The largest absolute Gasteiger partial charge is 0.548 e. The normalized spacial score (nSPS) is 18.5. The maximum Gasteiger partial charge on any atom is 0.269 e. The highest BCUT2D eigenvalue weighted by Gasteiger charge is 2.38. The Labute approximate surface area is 179 Å². The number of nitrogens with zero attached hydrogens (tertiary/aromatic N) is 2. The predicted molar refractivity (Wildman–Crippen MR) is 117 cm³/mol. The third-order valence-electron chi connectivity index (χ3n) is 4.57. The van der Waals surface area contributed by atoms with Gasteiger partial charge in [0.25, 0.3) is 5.91 Å². The van der Waals surface area contributed by atoms with E-state index >= 15 is 0 Å². The molecule has 0 saturated carbocycles. The summed E-state index contributed by atoms with van der Waals surface area (Å²) in [6, 6.07) is 7.81. The van der Waals surface area contributed by atoms with Crippen LogP contribution in [0.4, 0.5) is 5.69 Å². The summed E-state index contributed by atoms with van der Waals surface area (Å²) in [5, 5.41) is 11.5. The lowest BCUT2D eigenvalue weighted by molar-refractivity contribution is -0.894. The number of carbonyl (C=O) groups excluding carboxylic acids is 2. The third-order valence-corrected chi connectivity index (χ3v) is 7.37. The van der Waals surface area contributed by atoms with E-state index < -0.39 is 12.5 Å². The Morgan fingerprint density at radius 1 is 1.14 bits per heavy atom. The molecule has 0 spiro atoms. The fourth-order valence-electron chi connectivity index (χ4n) is 2.84. The highest BCUT2D eigenvalue weighted by molar-refractivity contribution is 8.27. The van der Waals surface area contributed by atoms with Crippen molar-refractivity contribution in [3.05, 3.63) is 34.2 Å². The lowest BCUT2D eigenvalue weighted by atomic mass is 10.3. The number of fused-ring (bicyclic) bond motifs is 1. The summed E-state index contributed by atoms with van der Waals surface area (Å²) in [5.41, 5.74) is 1.02. The number of quaternary nitrogens is 1. The van der Waals surface area contributed by atoms with Crippen LogP contribution in [0.3, 0.4) is 0 Å². The van der Waals surface area contributed by atoms with Crippen molar-refractivity contribution >= 4 is 57.6 Å². The molecule has 6 nitrogen and oxygen atoms in total. The van der Waals surface area contributed by atoms with Crippen LogP contribution in [-0.2, 0) is 9.59 Å². The van der Waals surface area contributed by atoms with Crippen LogP contribution < -0.4 is 14.9 Å². The van der Waals surface area contributed by atoms with Gasteiger partial charge in [0.05, 0.1) is 42.9 Å². The van der Waals surface area contributed by atoms with Crippen molar-refractivity contribution in [2.24, 2.45) is 0 Å². The van der Waals surface area contributed by atoms with Gasteiger partial charge in [0, 0.05) is 11.9 Å². The fourth-order valence-corrected chi connectivity index (χ4v) is 5.42. The molecule has 1 aromatic carbocycles. The van der Waals surface area contributed by atoms with Gasteiger partial charge in [-0.1, -0.05) is 47.9 Å². The number of thioether (sulfide) groups is 2. The molecular formula is C19H25N3O3S3. The van der Waals surface area contributed by atoms with E-state index in [1.165, 1.54) is 31.4 Å². The van der Waals surface area contributed by atoms with E-state index in [0.29, 0.717) is 4.91 Å². The Balaban J connectivity index is 0.000000345. The van der Waals surface area contributed by atoms with Crippen LogP contribution in [0.1, 0.15) is 20.8 Å². The second-order valence-electron chi connectivity index (χ2n) is 6.21. The van der Waals surface area contributed by atoms with Crippen molar-refractivity contribution in [1.29, 1.82) is 0 Å². The van der Waals surface area contributed by atoms with Gasteiger partial charge in [-0.15, -0.1) is 0 Å². The van der Waals surface area contributed by atoms with Crippen LogP contribution in [0.15, 0.2) is 39.1 Å². The smallest absolute Gasteiger partial charge is 0.269 e. The number of rotatable bonds is 5. The van der Waals surface area contributed by atoms with E-state index in [2.05, 4.69) is 20.8 Å². The number of aliphatic carboxylic acids is 1. The Bertz CT molecular complexity index is 788. The number of hydrogen-bond donors (Lipinski definition) is 1. The van der Waals surface area contributed by atoms with Crippen molar-refractivity contribution in [2.45, 2.75) is 25.7 Å². The van der Waals surface area contributed by atoms with Crippen LogP contribution in [0.2, 0.25) is 0 Å². The lowest BCUT2D eigenvalue weighted by Gasteiger charge is -2.16. The Morgan fingerprint density at radius 2 is 1.75 bits per heavy atom. The molecular weight excluding hydrogens is 414 g/mol. The van der Waals surface area contributed by atoms with Crippen LogP contribution in [0.5, 0.6) is 0 Å². The Kier molecular flexibility index (Phi) is 8.36. The molecule has 2 aliphatic heterocycles.